The zero-order valence-corrected chi connectivity index (χ0v) is 8.37. The molecule has 0 aliphatic rings. The van der Waals surface area contributed by atoms with Crippen LogP contribution in [-0.2, 0) is 4.79 Å². The Labute approximate surface area is 87.7 Å². The molecule has 5 nitrogen and oxygen atoms in total. The Balaban J connectivity index is 3.66. The Morgan fingerprint density at radius 3 is 2.87 bits per heavy atom. The first-order chi connectivity index (χ1) is 7.07. The Morgan fingerprint density at radius 1 is 1.67 bits per heavy atom. The van der Waals surface area contributed by atoms with E-state index < -0.39 is 12.0 Å². The molecule has 0 rings (SSSR count). The van der Waals surface area contributed by atoms with Crippen LogP contribution in [0.3, 0.4) is 0 Å². The van der Waals surface area contributed by atoms with Gasteiger partial charge in [0.05, 0.1) is 0 Å². The third kappa shape index (κ3) is 7.77. The normalized spacial score (nSPS) is 13.6. The van der Waals surface area contributed by atoms with Crippen LogP contribution >= 0.6 is 0 Å². The highest BCUT2D eigenvalue weighted by Crippen LogP contribution is 2.01. The lowest BCUT2D eigenvalue weighted by atomic mass is 10.1. The average molecular weight is 217 g/mol. The van der Waals surface area contributed by atoms with Crippen LogP contribution in [0.1, 0.15) is 12.8 Å². The van der Waals surface area contributed by atoms with Gasteiger partial charge in [0.1, 0.15) is 11.9 Å². The van der Waals surface area contributed by atoms with Crippen molar-refractivity contribution in [1.82, 2.24) is 5.32 Å². The number of halogens is 1. The molecule has 0 spiro atoms. The number of hydrogen-bond donors (Lipinski definition) is 4. The van der Waals surface area contributed by atoms with Crippen LogP contribution in [0.25, 0.3) is 0 Å². The summed E-state index contributed by atoms with van der Waals surface area (Å²) in [5.74, 6) is -1.44. The van der Waals surface area contributed by atoms with Crippen molar-refractivity contribution in [3.63, 3.8) is 0 Å². The Kier molecular flexibility index (Phi) is 7.39. The highest BCUT2D eigenvalue weighted by atomic mass is 19.1. The molecule has 0 heterocycles. The largest absolute Gasteiger partial charge is 0.480 e. The lowest BCUT2D eigenvalue weighted by Gasteiger charge is -2.03. The van der Waals surface area contributed by atoms with E-state index in [0.29, 0.717) is 13.0 Å². The number of nitrogens with one attached hydrogen (secondary N) is 2. The quantitative estimate of drug-likeness (QED) is 0.346. The molecule has 0 saturated heterocycles. The summed E-state index contributed by atoms with van der Waals surface area (Å²) in [5.41, 5.74) is 5.23. The van der Waals surface area contributed by atoms with Crippen molar-refractivity contribution in [2.45, 2.75) is 18.9 Å². The first-order valence-corrected chi connectivity index (χ1v) is 4.60. The number of carboxylic acid groups (broad SMARTS) is 1. The SMILES string of the molecule is N=CCNC/C(F)=C/CC[C@@H](N)C(=O)O. The number of carboxylic acids is 1. The molecule has 0 radical (unpaired) electrons. The standard InChI is InChI=1S/C9H16FN3O2/c10-7(6-13-5-4-11)2-1-3-8(12)9(14)15/h2,4,8,11,13H,1,3,5-6,12H2,(H,14,15)/b7-2-,11-4?/t8-/m1/s1. The molecule has 0 unspecified atom stereocenters. The van der Waals surface area contributed by atoms with Crippen molar-refractivity contribution in [2.75, 3.05) is 13.1 Å². The van der Waals surface area contributed by atoms with Gasteiger partial charge >= 0.3 is 5.97 Å². The van der Waals surface area contributed by atoms with Gasteiger partial charge in [-0.1, -0.05) is 6.08 Å². The summed E-state index contributed by atoms with van der Waals surface area (Å²) < 4.78 is 12.9. The van der Waals surface area contributed by atoms with Gasteiger partial charge in [0, 0.05) is 19.3 Å². The summed E-state index contributed by atoms with van der Waals surface area (Å²) in [6.45, 7) is 0.369. The van der Waals surface area contributed by atoms with E-state index in [0.717, 1.165) is 6.21 Å². The molecular weight excluding hydrogens is 201 g/mol. The summed E-state index contributed by atoms with van der Waals surface area (Å²) in [4.78, 5) is 10.3. The minimum Gasteiger partial charge on any atom is -0.480 e. The molecule has 0 aromatic heterocycles. The van der Waals surface area contributed by atoms with Gasteiger partial charge in [-0.05, 0) is 12.8 Å². The van der Waals surface area contributed by atoms with Gasteiger partial charge < -0.3 is 21.6 Å². The molecule has 6 heteroatoms. The van der Waals surface area contributed by atoms with Gasteiger partial charge in [-0.2, -0.15) is 0 Å². The number of rotatable bonds is 8. The Bertz CT molecular complexity index is 244. The second-order valence-corrected chi connectivity index (χ2v) is 3.01. The minimum absolute atomic E-state index is 0.0533. The fourth-order valence-electron chi connectivity index (χ4n) is 0.879. The maximum absolute atomic E-state index is 12.9. The van der Waals surface area contributed by atoms with E-state index in [1.165, 1.54) is 6.08 Å². The van der Waals surface area contributed by atoms with Crippen LogP contribution in [0.15, 0.2) is 11.9 Å². The van der Waals surface area contributed by atoms with Crippen molar-refractivity contribution < 1.29 is 14.3 Å². The van der Waals surface area contributed by atoms with E-state index in [1.54, 1.807) is 0 Å². The molecular formula is C9H16FN3O2. The van der Waals surface area contributed by atoms with Crippen molar-refractivity contribution in [2.24, 2.45) is 5.73 Å². The van der Waals surface area contributed by atoms with Crippen LogP contribution < -0.4 is 11.1 Å². The van der Waals surface area contributed by atoms with E-state index in [4.69, 9.17) is 16.2 Å². The van der Waals surface area contributed by atoms with Crippen LogP contribution in [0, 0.1) is 5.41 Å². The molecule has 0 aliphatic heterocycles. The van der Waals surface area contributed by atoms with Crippen molar-refractivity contribution in [3.05, 3.63) is 11.9 Å². The third-order valence-electron chi connectivity index (χ3n) is 1.70. The lowest BCUT2D eigenvalue weighted by molar-refractivity contribution is -0.138. The van der Waals surface area contributed by atoms with Gasteiger partial charge in [0.15, 0.2) is 0 Å². The number of aliphatic carboxylic acids is 1. The first kappa shape index (κ1) is 13.7. The molecule has 0 aromatic rings. The number of hydrogen-bond acceptors (Lipinski definition) is 4. The smallest absolute Gasteiger partial charge is 0.320 e. The lowest BCUT2D eigenvalue weighted by Crippen LogP contribution is -2.29. The number of carbonyl (C=O) groups is 1. The highest BCUT2D eigenvalue weighted by molar-refractivity contribution is 5.72. The fourth-order valence-corrected chi connectivity index (χ4v) is 0.879. The maximum Gasteiger partial charge on any atom is 0.320 e. The van der Waals surface area contributed by atoms with Crippen LogP contribution in [0.5, 0.6) is 0 Å². The van der Waals surface area contributed by atoms with Crippen LogP contribution in [0.4, 0.5) is 4.39 Å². The Morgan fingerprint density at radius 2 is 2.33 bits per heavy atom. The first-order valence-electron chi connectivity index (χ1n) is 4.60. The molecule has 0 fully saturated rings. The number of allylic oxidation sites excluding steroid dienone is 1. The summed E-state index contributed by atoms with van der Waals surface area (Å²) in [5, 5.41) is 17.8. The molecule has 5 N–H and O–H groups in total. The fraction of sp³-hybridized carbons (Fsp3) is 0.556. The van der Waals surface area contributed by atoms with Gasteiger partial charge in [-0.3, -0.25) is 4.79 Å². The average Bonchev–Trinajstić information content (AvgIpc) is 2.18. The van der Waals surface area contributed by atoms with E-state index in [2.05, 4.69) is 5.32 Å². The monoisotopic (exact) mass is 217 g/mol. The molecule has 0 saturated carbocycles. The van der Waals surface area contributed by atoms with Crippen LogP contribution in [-0.4, -0.2) is 36.4 Å². The second-order valence-electron chi connectivity index (χ2n) is 3.01. The molecule has 86 valence electrons. The van der Waals surface area contributed by atoms with Gasteiger partial charge in [0.2, 0.25) is 0 Å². The predicted molar refractivity (Wildman–Crippen MR) is 55.7 cm³/mol. The van der Waals surface area contributed by atoms with Gasteiger partial charge in [0.25, 0.3) is 0 Å². The van der Waals surface area contributed by atoms with E-state index in [9.17, 15) is 9.18 Å². The van der Waals surface area contributed by atoms with Crippen molar-refractivity contribution >= 4 is 12.2 Å². The van der Waals surface area contributed by atoms with Crippen molar-refractivity contribution in [1.29, 1.82) is 5.41 Å². The zero-order chi connectivity index (χ0) is 11.7. The summed E-state index contributed by atoms with van der Waals surface area (Å²) >= 11 is 0. The zero-order valence-electron chi connectivity index (χ0n) is 8.37. The molecule has 0 aromatic carbocycles. The summed E-state index contributed by atoms with van der Waals surface area (Å²) in [7, 11) is 0. The summed E-state index contributed by atoms with van der Waals surface area (Å²) in [6, 6.07) is -0.941. The topological polar surface area (TPSA) is 99.2 Å². The van der Waals surface area contributed by atoms with Gasteiger partial charge in [-0.15, -0.1) is 0 Å². The van der Waals surface area contributed by atoms with E-state index in [1.807, 2.05) is 0 Å². The highest BCUT2D eigenvalue weighted by Gasteiger charge is 2.09. The minimum atomic E-state index is -1.08. The number of nitrogens with two attached hydrogens (primary N) is 1. The van der Waals surface area contributed by atoms with E-state index >= 15 is 0 Å². The second kappa shape index (κ2) is 8.07. The van der Waals surface area contributed by atoms with Crippen LogP contribution in [0.2, 0.25) is 0 Å². The van der Waals surface area contributed by atoms with Crippen molar-refractivity contribution in [3.8, 4) is 0 Å². The third-order valence-corrected chi connectivity index (χ3v) is 1.70. The van der Waals surface area contributed by atoms with Gasteiger partial charge in [-0.25, -0.2) is 4.39 Å². The molecule has 0 amide bonds. The maximum atomic E-state index is 12.9. The molecule has 15 heavy (non-hydrogen) atoms. The Hall–Kier alpha value is -1.27. The van der Waals surface area contributed by atoms with E-state index in [-0.39, 0.29) is 18.8 Å². The molecule has 1 atom stereocenters. The summed E-state index contributed by atoms with van der Waals surface area (Å²) in [6.07, 6.45) is 2.95. The molecule has 0 aliphatic carbocycles. The predicted octanol–water partition coefficient (Wildman–Crippen LogP) is 0.271. The molecule has 0 bridgehead atoms.